The van der Waals surface area contributed by atoms with Gasteiger partial charge in [0, 0.05) is 31.6 Å². The summed E-state index contributed by atoms with van der Waals surface area (Å²) in [7, 11) is 3.94. The molecule has 1 aromatic carbocycles. The molecule has 0 amide bonds. The highest BCUT2D eigenvalue weighted by Gasteiger charge is 2.51. The Kier molecular flexibility index (Phi) is 3.72. The zero-order chi connectivity index (χ0) is 15.9. The lowest BCUT2D eigenvalue weighted by molar-refractivity contribution is -0.141. The molecule has 0 heterocycles. The van der Waals surface area contributed by atoms with Gasteiger partial charge in [-0.05, 0) is 43.5 Å². The van der Waals surface area contributed by atoms with E-state index in [1.807, 2.05) is 43.3 Å². The largest absolute Gasteiger partial charge is 0.490 e. The van der Waals surface area contributed by atoms with Crippen LogP contribution in [0.15, 0.2) is 24.3 Å². The minimum atomic E-state index is -0.814. The monoisotopic (exact) mass is 301 g/mol. The first-order valence-electron chi connectivity index (χ1n) is 7.54. The second-order valence-corrected chi connectivity index (χ2v) is 6.21. The summed E-state index contributed by atoms with van der Waals surface area (Å²) >= 11 is 0. The summed E-state index contributed by atoms with van der Waals surface area (Å²) in [4.78, 5) is 37.0. The fourth-order valence-corrected chi connectivity index (χ4v) is 3.32. The molecule has 22 heavy (non-hydrogen) atoms. The number of anilines is 1. The molecule has 2 fully saturated rings. The van der Waals surface area contributed by atoms with Crippen LogP contribution in [0, 0.1) is 11.8 Å². The van der Waals surface area contributed by atoms with Crippen LogP contribution in [0.1, 0.15) is 19.3 Å². The van der Waals surface area contributed by atoms with Crippen LogP contribution in [0.2, 0.25) is 0 Å². The minimum Gasteiger partial charge on any atom is -0.490 e. The summed E-state index contributed by atoms with van der Waals surface area (Å²) in [6.07, 6.45) is 1.59. The van der Waals surface area contributed by atoms with Gasteiger partial charge in [0.1, 0.15) is 5.75 Å². The van der Waals surface area contributed by atoms with Crippen molar-refractivity contribution in [1.82, 2.24) is 0 Å². The van der Waals surface area contributed by atoms with E-state index in [0.29, 0.717) is 19.3 Å². The van der Waals surface area contributed by atoms with Crippen molar-refractivity contribution in [2.75, 3.05) is 19.0 Å². The lowest BCUT2D eigenvalue weighted by atomic mass is 9.79. The Labute approximate surface area is 129 Å². The van der Waals surface area contributed by atoms with Gasteiger partial charge in [0.05, 0.1) is 6.10 Å². The van der Waals surface area contributed by atoms with E-state index in [-0.39, 0.29) is 6.10 Å². The number of hydrogen-bond donors (Lipinski definition) is 0. The second kappa shape index (κ2) is 5.55. The number of ketones is 3. The molecule has 2 saturated carbocycles. The van der Waals surface area contributed by atoms with E-state index in [2.05, 4.69) is 0 Å². The van der Waals surface area contributed by atoms with Crippen molar-refractivity contribution < 1.29 is 19.1 Å². The number of ether oxygens (including phenoxy) is 1. The van der Waals surface area contributed by atoms with Gasteiger partial charge in [-0.1, -0.05) is 0 Å². The lowest BCUT2D eigenvalue weighted by Crippen LogP contribution is -2.33. The lowest BCUT2D eigenvalue weighted by Gasteiger charge is -2.29. The van der Waals surface area contributed by atoms with Gasteiger partial charge in [-0.3, -0.25) is 14.4 Å². The number of nitrogens with zero attached hydrogens (tertiary/aromatic N) is 1. The van der Waals surface area contributed by atoms with Crippen molar-refractivity contribution in [2.24, 2.45) is 11.8 Å². The van der Waals surface area contributed by atoms with Crippen LogP contribution >= 0.6 is 0 Å². The zero-order valence-electron chi connectivity index (χ0n) is 12.7. The molecule has 0 aliphatic heterocycles. The molecule has 0 aromatic heterocycles. The molecule has 0 radical (unpaired) electrons. The number of fused-ring (bicyclic) bond motifs is 1. The molecule has 3 atom stereocenters. The fraction of sp³-hybridized carbons (Fsp3) is 0.471. The standard InChI is InChI=1S/C17H19NO4/c1-18(2)10-3-5-11(6-4-10)22-12-7-8-13-14(9-12)16(20)17(21)15(13)19/h3-6,12-14H,7-9H2,1-2H3. The van der Waals surface area contributed by atoms with Crippen molar-refractivity contribution in [1.29, 1.82) is 0 Å². The third-order valence-corrected chi connectivity index (χ3v) is 4.58. The third-order valence-electron chi connectivity index (χ3n) is 4.58. The smallest absolute Gasteiger partial charge is 0.264 e. The van der Waals surface area contributed by atoms with Gasteiger partial charge < -0.3 is 9.64 Å². The van der Waals surface area contributed by atoms with E-state index in [4.69, 9.17) is 4.74 Å². The van der Waals surface area contributed by atoms with Crippen LogP contribution < -0.4 is 9.64 Å². The summed E-state index contributed by atoms with van der Waals surface area (Å²) in [5, 5.41) is 0. The Morgan fingerprint density at radius 3 is 2.23 bits per heavy atom. The predicted octanol–water partition coefficient (Wildman–Crippen LogP) is 1.64. The Hall–Kier alpha value is -2.17. The number of benzene rings is 1. The van der Waals surface area contributed by atoms with E-state index in [9.17, 15) is 14.4 Å². The van der Waals surface area contributed by atoms with Gasteiger partial charge in [-0.2, -0.15) is 0 Å². The van der Waals surface area contributed by atoms with Gasteiger partial charge >= 0.3 is 0 Å². The number of hydrogen-bond acceptors (Lipinski definition) is 5. The van der Waals surface area contributed by atoms with Crippen LogP contribution in [0.4, 0.5) is 5.69 Å². The first kappa shape index (κ1) is 14.8. The van der Waals surface area contributed by atoms with Crippen LogP contribution in [0.5, 0.6) is 5.75 Å². The Morgan fingerprint density at radius 2 is 1.59 bits per heavy atom. The highest BCUT2D eigenvalue weighted by molar-refractivity contribution is 6.68. The average Bonchev–Trinajstić information content (AvgIpc) is 2.72. The molecule has 5 heteroatoms. The number of carbonyl (C=O) groups excluding carboxylic acids is 3. The normalized spacial score (nSPS) is 27.7. The van der Waals surface area contributed by atoms with Gasteiger partial charge in [0.25, 0.3) is 5.78 Å². The van der Waals surface area contributed by atoms with Crippen molar-refractivity contribution >= 4 is 23.0 Å². The summed E-state index contributed by atoms with van der Waals surface area (Å²) in [5.74, 6) is -1.96. The quantitative estimate of drug-likeness (QED) is 0.794. The Morgan fingerprint density at radius 1 is 0.955 bits per heavy atom. The molecule has 0 bridgehead atoms. The first-order chi connectivity index (χ1) is 10.5. The summed E-state index contributed by atoms with van der Waals surface area (Å²) in [6, 6.07) is 7.73. The molecular formula is C17H19NO4. The van der Waals surface area contributed by atoms with Gasteiger partial charge in [-0.25, -0.2) is 0 Å². The summed E-state index contributed by atoms with van der Waals surface area (Å²) in [6.45, 7) is 0. The molecular weight excluding hydrogens is 282 g/mol. The van der Waals surface area contributed by atoms with E-state index in [1.165, 1.54) is 0 Å². The van der Waals surface area contributed by atoms with Crippen LogP contribution in [0.3, 0.4) is 0 Å². The van der Waals surface area contributed by atoms with Crippen LogP contribution in [-0.4, -0.2) is 37.5 Å². The topological polar surface area (TPSA) is 63.7 Å². The molecule has 116 valence electrons. The van der Waals surface area contributed by atoms with E-state index in [0.717, 1.165) is 11.4 Å². The molecule has 2 aliphatic carbocycles. The van der Waals surface area contributed by atoms with E-state index >= 15 is 0 Å². The number of rotatable bonds is 3. The zero-order valence-corrected chi connectivity index (χ0v) is 12.7. The number of Topliss-reactive ketones (excluding diaryl/α,β-unsaturated/α-hetero) is 3. The summed E-state index contributed by atoms with van der Waals surface area (Å²) in [5.41, 5.74) is 1.08. The van der Waals surface area contributed by atoms with Gasteiger partial charge in [0.15, 0.2) is 0 Å². The first-order valence-corrected chi connectivity index (χ1v) is 7.54. The molecule has 3 unspecified atom stereocenters. The molecule has 5 nitrogen and oxygen atoms in total. The van der Waals surface area contributed by atoms with Crippen molar-refractivity contribution in [3.05, 3.63) is 24.3 Å². The van der Waals surface area contributed by atoms with Crippen molar-refractivity contribution in [3.63, 3.8) is 0 Å². The van der Waals surface area contributed by atoms with Gasteiger partial charge in [0.2, 0.25) is 11.6 Å². The predicted molar refractivity (Wildman–Crippen MR) is 81.0 cm³/mol. The molecule has 2 aliphatic rings. The minimum absolute atomic E-state index is 0.117. The average molecular weight is 301 g/mol. The third kappa shape index (κ3) is 2.51. The molecule has 0 spiro atoms. The maximum atomic E-state index is 11.8. The number of carbonyl (C=O) groups is 3. The van der Waals surface area contributed by atoms with Gasteiger partial charge in [-0.15, -0.1) is 0 Å². The molecule has 0 N–H and O–H groups in total. The maximum absolute atomic E-state index is 11.8. The highest BCUT2D eigenvalue weighted by Crippen LogP contribution is 2.38. The van der Waals surface area contributed by atoms with Crippen molar-refractivity contribution in [2.45, 2.75) is 25.4 Å². The van der Waals surface area contributed by atoms with E-state index in [1.54, 1.807) is 0 Å². The van der Waals surface area contributed by atoms with E-state index < -0.39 is 29.2 Å². The SMILES string of the molecule is CN(C)c1ccc(OC2CCC3C(=O)C(=O)C(=O)C3C2)cc1. The van der Waals surface area contributed by atoms with Crippen molar-refractivity contribution in [3.8, 4) is 5.75 Å². The fourth-order valence-electron chi connectivity index (χ4n) is 3.32. The Balaban J connectivity index is 1.67. The van der Waals surface area contributed by atoms with Crippen LogP contribution in [0.25, 0.3) is 0 Å². The molecule has 3 rings (SSSR count). The Bertz CT molecular complexity index is 620. The second-order valence-electron chi connectivity index (χ2n) is 6.21. The summed E-state index contributed by atoms with van der Waals surface area (Å²) < 4.78 is 5.92. The molecule has 0 saturated heterocycles. The molecule has 1 aromatic rings. The van der Waals surface area contributed by atoms with Crippen LogP contribution in [-0.2, 0) is 14.4 Å². The highest BCUT2D eigenvalue weighted by atomic mass is 16.5. The maximum Gasteiger partial charge on any atom is 0.264 e.